The van der Waals surface area contributed by atoms with Crippen LogP contribution in [0.3, 0.4) is 0 Å². The molecule has 0 saturated carbocycles. The van der Waals surface area contributed by atoms with Gasteiger partial charge in [-0.15, -0.1) is 24.5 Å². The third kappa shape index (κ3) is 5.15. The Balaban J connectivity index is 1.48. The molecule has 0 bridgehead atoms. The molecular formula is C22H15F3N2O4S2. The Labute approximate surface area is 190 Å². The van der Waals surface area contributed by atoms with Gasteiger partial charge in [0.05, 0.1) is 14.5 Å². The van der Waals surface area contributed by atoms with Crippen molar-refractivity contribution >= 4 is 37.2 Å². The lowest BCUT2D eigenvalue weighted by Crippen LogP contribution is -2.21. The normalized spacial score (nSPS) is 12.0. The summed E-state index contributed by atoms with van der Waals surface area (Å²) in [6, 6.07) is 13.6. The second-order valence-corrected chi connectivity index (χ2v) is 9.85. The number of rotatable bonds is 6. The highest BCUT2D eigenvalue weighted by Crippen LogP contribution is 2.33. The van der Waals surface area contributed by atoms with Crippen LogP contribution in [0.2, 0.25) is 0 Å². The summed E-state index contributed by atoms with van der Waals surface area (Å²) >= 11 is 1.30. The van der Waals surface area contributed by atoms with Crippen LogP contribution in [-0.2, 0) is 16.4 Å². The predicted molar refractivity (Wildman–Crippen MR) is 116 cm³/mol. The molecule has 2 aromatic carbocycles. The van der Waals surface area contributed by atoms with Crippen molar-refractivity contribution < 1.29 is 31.1 Å². The summed E-state index contributed by atoms with van der Waals surface area (Å²) < 4.78 is 68.4. The predicted octanol–water partition coefficient (Wildman–Crippen LogP) is 4.96. The molecule has 11 heteroatoms. The maximum Gasteiger partial charge on any atom is 0.573 e. The summed E-state index contributed by atoms with van der Waals surface area (Å²) in [6.45, 7) is 0.138. The van der Waals surface area contributed by atoms with Crippen LogP contribution >= 0.6 is 11.3 Å². The number of fused-ring (bicyclic) bond motifs is 1. The summed E-state index contributed by atoms with van der Waals surface area (Å²) in [5.41, 5.74) is 0.616. The molecule has 33 heavy (non-hydrogen) atoms. The van der Waals surface area contributed by atoms with Gasteiger partial charge in [0.2, 0.25) is 9.84 Å². The van der Waals surface area contributed by atoms with Crippen molar-refractivity contribution in [3.8, 4) is 5.75 Å². The minimum atomic E-state index is -5.03. The minimum Gasteiger partial charge on any atom is -0.404 e. The number of amides is 1. The Kier molecular flexibility index (Phi) is 6.09. The first-order valence-corrected chi connectivity index (χ1v) is 11.7. The average Bonchev–Trinajstić information content (AvgIpc) is 3.21. The van der Waals surface area contributed by atoms with Crippen LogP contribution in [-0.4, -0.2) is 25.7 Å². The largest absolute Gasteiger partial charge is 0.573 e. The molecule has 0 fully saturated rings. The van der Waals surface area contributed by atoms with Gasteiger partial charge in [0.1, 0.15) is 10.6 Å². The van der Waals surface area contributed by atoms with Crippen molar-refractivity contribution in [2.75, 3.05) is 0 Å². The number of carbonyl (C=O) groups excluding carboxylic acids is 1. The number of hydrogen-bond donors (Lipinski definition) is 1. The van der Waals surface area contributed by atoms with Crippen LogP contribution in [0.5, 0.6) is 5.75 Å². The molecule has 2 aromatic heterocycles. The van der Waals surface area contributed by atoms with Gasteiger partial charge in [-0.05, 0) is 47.3 Å². The number of pyridine rings is 1. The van der Waals surface area contributed by atoms with Gasteiger partial charge in [-0.3, -0.25) is 9.78 Å². The number of carbonyl (C=O) groups is 1. The number of hydrogen-bond acceptors (Lipinski definition) is 6. The third-order valence-corrected chi connectivity index (χ3v) is 7.49. The summed E-state index contributed by atoms with van der Waals surface area (Å²) in [5, 5.41) is 3.66. The lowest BCUT2D eigenvalue weighted by atomic mass is 10.2. The fraction of sp³-hybridized carbons (Fsp3) is 0.0909. The van der Waals surface area contributed by atoms with Crippen LogP contribution < -0.4 is 10.1 Å². The number of thiophene rings is 1. The van der Waals surface area contributed by atoms with E-state index in [9.17, 15) is 26.4 Å². The van der Waals surface area contributed by atoms with Gasteiger partial charge in [0.15, 0.2) is 0 Å². The van der Waals surface area contributed by atoms with E-state index in [0.717, 1.165) is 22.2 Å². The Morgan fingerprint density at radius 3 is 2.48 bits per heavy atom. The van der Waals surface area contributed by atoms with E-state index in [1.54, 1.807) is 24.5 Å². The molecule has 0 atom stereocenters. The first kappa shape index (κ1) is 22.7. The van der Waals surface area contributed by atoms with Gasteiger partial charge in [0, 0.05) is 18.9 Å². The van der Waals surface area contributed by atoms with E-state index >= 15 is 0 Å². The number of nitrogens with zero attached hydrogens (tertiary/aromatic N) is 1. The van der Waals surface area contributed by atoms with Crippen molar-refractivity contribution in [3.63, 3.8) is 0 Å². The smallest absolute Gasteiger partial charge is 0.404 e. The van der Waals surface area contributed by atoms with Crippen molar-refractivity contribution in [2.24, 2.45) is 0 Å². The molecule has 1 amide bonds. The van der Waals surface area contributed by atoms with Crippen LogP contribution in [0.25, 0.3) is 10.1 Å². The zero-order valence-corrected chi connectivity index (χ0v) is 18.3. The van der Waals surface area contributed by atoms with Crippen molar-refractivity contribution in [1.82, 2.24) is 10.3 Å². The molecule has 0 aliphatic rings. The second kappa shape index (κ2) is 8.83. The maximum absolute atomic E-state index is 12.9. The van der Waals surface area contributed by atoms with Crippen LogP contribution in [0.1, 0.15) is 15.2 Å². The van der Waals surface area contributed by atoms with Gasteiger partial charge in [-0.25, -0.2) is 8.42 Å². The van der Waals surface area contributed by atoms with Crippen LogP contribution in [0.4, 0.5) is 13.2 Å². The number of ether oxygens (including phenoxy) is 1. The molecule has 0 spiro atoms. The van der Waals surface area contributed by atoms with Crippen molar-refractivity contribution in [1.29, 1.82) is 0 Å². The lowest BCUT2D eigenvalue weighted by molar-refractivity contribution is -0.275. The Morgan fingerprint density at radius 1 is 1.06 bits per heavy atom. The first-order chi connectivity index (χ1) is 15.6. The molecule has 0 aliphatic carbocycles. The second-order valence-electron chi connectivity index (χ2n) is 6.85. The monoisotopic (exact) mass is 492 g/mol. The Morgan fingerprint density at radius 2 is 1.79 bits per heavy atom. The lowest BCUT2D eigenvalue weighted by Gasteiger charge is -2.13. The van der Waals surface area contributed by atoms with E-state index in [2.05, 4.69) is 15.0 Å². The van der Waals surface area contributed by atoms with Gasteiger partial charge in [-0.2, -0.15) is 0 Å². The standard InChI is InChI=1S/C22H15F3N2O4S2/c23-22(24,25)31-17-3-1-2-4-20(17)33(29,30)16-7-5-14(6-8-16)12-27-21(28)18-11-15-9-10-26-13-19(15)32-18/h1-11,13H,12H2,(H,27,28). The molecular weight excluding hydrogens is 477 g/mol. The van der Waals surface area contributed by atoms with Gasteiger partial charge in [-0.1, -0.05) is 24.3 Å². The van der Waals surface area contributed by atoms with E-state index in [-0.39, 0.29) is 17.3 Å². The number of alkyl halides is 3. The third-order valence-electron chi connectivity index (χ3n) is 4.60. The number of para-hydroxylation sites is 1. The van der Waals surface area contributed by atoms with E-state index in [1.165, 1.54) is 47.7 Å². The maximum atomic E-state index is 12.9. The topological polar surface area (TPSA) is 85.4 Å². The molecule has 0 aliphatic heterocycles. The molecule has 4 aromatic rings. The van der Waals surface area contributed by atoms with E-state index in [0.29, 0.717) is 10.4 Å². The highest BCUT2D eigenvalue weighted by atomic mass is 32.2. The van der Waals surface area contributed by atoms with Gasteiger partial charge in [0.25, 0.3) is 5.91 Å². The Hall–Kier alpha value is -3.44. The Bertz CT molecular complexity index is 1380. The summed E-state index contributed by atoms with van der Waals surface area (Å²) in [6.07, 6.45) is -1.72. The number of aromatic nitrogens is 1. The highest BCUT2D eigenvalue weighted by molar-refractivity contribution is 7.91. The average molecular weight is 493 g/mol. The first-order valence-electron chi connectivity index (χ1n) is 9.44. The summed E-state index contributed by atoms with van der Waals surface area (Å²) in [5.74, 6) is -1.09. The minimum absolute atomic E-state index is 0.138. The van der Waals surface area contributed by atoms with E-state index in [1.807, 2.05) is 0 Å². The van der Waals surface area contributed by atoms with Crippen molar-refractivity contribution in [3.05, 3.63) is 83.5 Å². The number of nitrogens with one attached hydrogen (secondary N) is 1. The van der Waals surface area contributed by atoms with Crippen molar-refractivity contribution in [2.45, 2.75) is 22.7 Å². The van der Waals surface area contributed by atoms with E-state index in [4.69, 9.17) is 0 Å². The molecule has 0 unspecified atom stereocenters. The zero-order valence-electron chi connectivity index (χ0n) is 16.7. The van der Waals surface area contributed by atoms with Crippen LogP contribution in [0, 0.1) is 0 Å². The molecule has 0 saturated heterocycles. The highest BCUT2D eigenvalue weighted by Gasteiger charge is 2.34. The molecule has 4 rings (SSSR count). The molecule has 0 radical (unpaired) electrons. The number of sulfone groups is 1. The molecule has 170 valence electrons. The summed E-state index contributed by atoms with van der Waals surface area (Å²) in [7, 11) is -4.26. The number of halogens is 3. The molecule has 1 N–H and O–H groups in total. The fourth-order valence-corrected chi connectivity index (χ4v) is 5.39. The number of benzene rings is 2. The van der Waals surface area contributed by atoms with Crippen LogP contribution in [0.15, 0.2) is 82.8 Å². The fourth-order valence-electron chi connectivity index (χ4n) is 3.06. The molecule has 6 nitrogen and oxygen atoms in total. The molecule has 2 heterocycles. The van der Waals surface area contributed by atoms with E-state index < -0.39 is 26.8 Å². The quantitative estimate of drug-likeness (QED) is 0.411. The van der Waals surface area contributed by atoms with Gasteiger partial charge >= 0.3 is 6.36 Å². The van der Waals surface area contributed by atoms with Gasteiger partial charge < -0.3 is 10.1 Å². The SMILES string of the molecule is O=C(NCc1ccc(S(=O)(=O)c2ccccc2OC(F)(F)F)cc1)c1cc2ccncc2s1. The zero-order chi connectivity index (χ0) is 23.6. The summed E-state index contributed by atoms with van der Waals surface area (Å²) in [4.78, 5) is 16.2.